The van der Waals surface area contributed by atoms with Gasteiger partial charge in [-0.25, -0.2) is 0 Å². The van der Waals surface area contributed by atoms with Crippen LogP contribution in [-0.2, 0) is 33.7 Å². The van der Waals surface area contributed by atoms with E-state index in [1.54, 1.807) is 19.3 Å². The number of carbonyl (C=O) groups is 1. The van der Waals surface area contributed by atoms with E-state index in [4.69, 9.17) is 14.9 Å². The summed E-state index contributed by atoms with van der Waals surface area (Å²) in [6.07, 6.45) is 5.30. The first-order chi connectivity index (χ1) is 10.4. The van der Waals surface area contributed by atoms with E-state index in [9.17, 15) is 4.79 Å². The monoisotopic (exact) mass is 501 g/mol. The number of aliphatic carboxylic acids is 1. The van der Waals surface area contributed by atoms with Crippen molar-refractivity contribution < 1.29 is 42.1 Å². The van der Waals surface area contributed by atoms with Crippen LogP contribution in [0.15, 0.2) is 42.5 Å². The molecule has 0 saturated heterocycles. The molecule has 0 saturated carbocycles. The van der Waals surface area contributed by atoms with Crippen LogP contribution < -0.4 is 4.74 Å². The number of hydrogen-bond donors (Lipinski definition) is 2. The van der Waals surface area contributed by atoms with Gasteiger partial charge in [0.05, 0.1) is 13.2 Å². The number of nitrogens with zero attached hydrogens (tertiary/aromatic N) is 1. The predicted molar refractivity (Wildman–Crippen MR) is 84.6 cm³/mol. The van der Waals surface area contributed by atoms with Crippen molar-refractivity contribution >= 4 is 5.97 Å². The molecule has 0 radical (unpaired) electrons. The Morgan fingerprint density at radius 1 is 1.30 bits per heavy atom. The van der Waals surface area contributed by atoms with Crippen LogP contribution in [0.25, 0.3) is 0 Å². The molecule has 23 heavy (non-hydrogen) atoms. The van der Waals surface area contributed by atoms with Gasteiger partial charge in [0.15, 0.2) is 0 Å². The van der Waals surface area contributed by atoms with E-state index in [2.05, 4.69) is 11.0 Å². The van der Waals surface area contributed by atoms with Crippen LogP contribution in [0.1, 0.15) is 5.56 Å². The molecule has 0 fully saturated rings. The zero-order valence-electron chi connectivity index (χ0n) is 13.4. The minimum Gasteiger partial charge on any atom is -0.554 e. The Morgan fingerprint density at radius 2 is 1.96 bits per heavy atom. The summed E-state index contributed by atoms with van der Waals surface area (Å²) < 4.78 is 5.03. The second-order valence-electron chi connectivity index (χ2n) is 5.12. The zero-order valence-corrected chi connectivity index (χ0v) is 15.5. The number of allylic oxidation sites excluding steroid dienone is 2. The standard InChI is InChI=1S/C10H14NO.C7H8O3.Au/c1-11(2)8-9-4-6-10(12-3)7-5-9;8-6-4-2-1-3-5(6)7(9)10;/h4,6-7H,8H2,1-3H3;1-6,8H,(H,9,10);/q-1;;+1. The van der Waals surface area contributed by atoms with Gasteiger partial charge < -0.3 is 19.8 Å². The topological polar surface area (TPSA) is 70.0 Å². The quantitative estimate of drug-likeness (QED) is 0.486. The van der Waals surface area contributed by atoms with E-state index in [1.807, 2.05) is 32.3 Å². The Bertz CT molecular complexity index is 526. The third kappa shape index (κ3) is 8.16. The van der Waals surface area contributed by atoms with E-state index in [1.165, 1.54) is 17.7 Å². The molecule has 1 aromatic rings. The van der Waals surface area contributed by atoms with Crippen LogP contribution >= 0.6 is 0 Å². The summed E-state index contributed by atoms with van der Waals surface area (Å²) in [6.45, 7) is 0.921. The average molecular weight is 501 g/mol. The van der Waals surface area contributed by atoms with Crippen LogP contribution in [0, 0.1) is 12.0 Å². The van der Waals surface area contributed by atoms with Crippen molar-refractivity contribution in [1.29, 1.82) is 0 Å². The molecule has 6 heteroatoms. The molecule has 5 nitrogen and oxygen atoms in total. The van der Waals surface area contributed by atoms with E-state index in [-0.39, 0.29) is 22.4 Å². The first kappa shape index (κ1) is 21.6. The summed E-state index contributed by atoms with van der Waals surface area (Å²) >= 11 is 0. The molecule has 1 aliphatic rings. The molecule has 0 heterocycles. The third-order valence-electron chi connectivity index (χ3n) is 2.96. The Morgan fingerprint density at radius 3 is 2.35 bits per heavy atom. The Hall–Kier alpha value is -1.37. The first-order valence-corrected chi connectivity index (χ1v) is 6.89. The van der Waals surface area contributed by atoms with Gasteiger partial charge in [0.25, 0.3) is 0 Å². The minimum absolute atomic E-state index is 0. The number of aliphatic hydroxyl groups is 1. The summed E-state index contributed by atoms with van der Waals surface area (Å²) in [5.74, 6) is -0.907. The number of rotatable bonds is 4. The fourth-order valence-electron chi connectivity index (χ4n) is 1.83. The zero-order chi connectivity index (χ0) is 16.5. The van der Waals surface area contributed by atoms with Crippen molar-refractivity contribution in [3.05, 3.63) is 54.1 Å². The second-order valence-corrected chi connectivity index (χ2v) is 5.12. The predicted octanol–water partition coefficient (Wildman–Crippen LogP) is 1.73. The first-order valence-electron chi connectivity index (χ1n) is 6.89. The number of benzene rings is 1. The molecule has 1 aromatic carbocycles. The number of ether oxygens (including phenoxy) is 1. The van der Waals surface area contributed by atoms with Crippen molar-refractivity contribution in [2.45, 2.75) is 12.6 Å². The molecule has 2 N–H and O–H groups in total. The maximum absolute atomic E-state index is 10.3. The normalized spacial score (nSPS) is 18.7. The van der Waals surface area contributed by atoms with Crippen molar-refractivity contribution in [3.63, 3.8) is 0 Å². The maximum atomic E-state index is 10.3. The van der Waals surface area contributed by atoms with Crippen LogP contribution in [0.5, 0.6) is 5.75 Å². The van der Waals surface area contributed by atoms with Crippen LogP contribution in [0.3, 0.4) is 0 Å². The number of aliphatic hydroxyl groups excluding tert-OH is 1. The molecule has 0 aromatic heterocycles. The van der Waals surface area contributed by atoms with Crippen LogP contribution in [-0.4, -0.2) is 48.4 Å². The Labute approximate surface area is 152 Å². The molecule has 1 aliphatic carbocycles. The molecule has 130 valence electrons. The molecular formula is C17H22AuNO4. The SMILES string of the molecule is COc1c[c-]c(CN(C)C)cc1.O=C(O)C1C=CC=CC1O.[Au+]. The van der Waals surface area contributed by atoms with Crippen LogP contribution in [0.4, 0.5) is 0 Å². The Balaban J connectivity index is 0.000000409. The van der Waals surface area contributed by atoms with Crippen molar-refractivity contribution in [1.82, 2.24) is 4.90 Å². The number of methoxy groups -OCH3 is 1. The van der Waals surface area contributed by atoms with Gasteiger partial charge in [-0.3, -0.25) is 4.79 Å². The summed E-state index contributed by atoms with van der Waals surface area (Å²) in [4.78, 5) is 12.4. The van der Waals surface area contributed by atoms with Gasteiger partial charge in [-0.15, -0.1) is 17.7 Å². The van der Waals surface area contributed by atoms with E-state index in [0.717, 1.165) is 12.3 Å². The molecule has 0 aliphatic heterocycles. The third-order valence-corrected chi connectivity index (χ3v) is 2.96. The number of carboxylic acid groups (broad SMARTS) is 1. The van der Waals surface area contributed by atoms with Crippen molar-refractivity contribution in [2.75, 3.05) is 21.2 Å². The van der Waals surface area contributed by atoms with Gasteiger partial charge >= 0.3 is 28.3 Å². The largest absolute Gasteiger partial charge is 1.00 e. The van der Waals surface area contributed by atoms with Crippen molar-refractivity contribution in [2.24, 2.45) is 5.92 Å². The number of hydrogen-bond acceptors (Lipinski definition) is 4. The molecule has 0 spiro atoms. The van der Waals surface area contributed by atoms with E-state index < -0.39 is 18.0 Å². The van der Waals surface area contributed by atoms with Crippen molar-refractivity contribution in [3.8, 4) is 5.75 Å². The molecule has 0 amide bonds. The summed E-state index contributed by atoms with van der Waals surface area (Å²) in [7, 11) is 5.74. The molecule has 2 atom stereocenters. The summed E-state index contributed by atoms with van der Waals surface area (Å²) in [5, 5.41) is 17.5. The van der Waals surface area contributed by atoms with E-state index >= 15 is 0 Å². The molecule has 2 rings (SSSR count). The van der Waals surface area contributed by atoms with Gasteiger partial charge in [0, 0.05) is 12.3 Å². The minimum atomic E-state index is -0.992. The maximum Gasteiger partial charge on any atom is 1.00 e. The summed E-state index contributed by atoms with van der Waals surface area (Å²) in [6, 6.07) is 8.99. The fraction of sp³-hybridized carbons (Fsp3) is 0.353. The molecule has 0 bridgehead atoms. The van der Waals surface area contributed by atoms with Gasteiger partial charge in [0.2, 0.25) is 0 Å². The van der Waals surface area contributed by atoms with E-state index in [0.29, 0.717) is 0 Å². The smallest absolute Gasteiger partial charge is 0.554 e. The van der Waals surface area contributed by atoms with Gasteiger partial charge in [-0.1, -0.05) is 24.3 Å². The average Bonchev–Trinajstić information content (AvgIpc) is 2.48. The van der Waals surface area contributed by atoms with Gasteiger partial charge in [-0.05, 0) is 14.1 Å². The van der Waals surface area contributed by atoms with Gasteiger partial charge in [0.1, 0.15) is 5.92 Å². The van der Waals surface area contributed by atoms with Gasteiger partial charge in [-0.2, -0.15) is 12.1 Å². The number of carboxylic acids is 1. The Kier molecular flexibility index (Phi) is 10.5. The fourth-order valence-corrected chi connectivity index (χ4v) is 1.83. The summed E-state index contributed by atoms with van der Waals surface area (Å²) in [5.41, 5.74) is 1.18. The van der Waals surface area contributed by atoms with Crippen LogP contribution in [0.2, 0.25) is 0 Å². The molecule has 2 unspecified atom stereocenters. The molecular weight excluding hydrogens is 479 g/mol. The second kappa shape index (κ2) is 11.2.